The Morgan fingerprint density at radius 2 is 2.04 bits per heavy atom. The molecule has 1 aromatic rings. The fourth-order valence-corrected chi connectivity index (χ4v) is 6.37. The van der Waals surface area contributed by atoms with Gasteiger partial charge in [0, 0.05) is 0 Å². The number of carbonyl (C=O) groups is 1. The highest BCUT2D eigenvalue weighted by atomic mass is 32.2. The number of hydrogen-bond donors (Lipinski definition) is 1. The Bertz CT molecular complexity index is 681. The minimum atomic E-state index is 0.306. The second-order valence-corrected chi connectivity index (χ2v) is 9.91. The second-order valence-electron chi connectivity index (χ2n) is 8.93. The summed E-state index contributed by atoms with van der Waals surface area (Å²) in [6, 6.07) is 11.1. The fourth-order valence-electron chi connectivity index (χ4n) is 5.96. The zero-order chi connectivity index (χ0) is 20.0. The van der Waals surface area contributed by atoms with E-state index in [4.69, 9.17) is 0 Å². The van der Waals surface area contributed by atoms with Gasteiger partial charge in [0.2, 0.25) is 0 Å². The van der Waals surface area contributed by atoms with Crippen LogP contribution in [-0.4, -0.2) is 31.4 Å². The standard InChI is InChI=1S/C25H37NOS/c1-19(27)23(12-15-28-3)21-11-14-25(17-20-8-5-4-6-9-20)13-7-10-22(18-26-2)24(25)16-21/h4-6,8-9,22,24,26H,7,10-18H2,1-3H3/b23-21+/t22-,24+,25-/m1/s1. The van der Waals surface area contributed by atoms with Crippen LogP contribution in [0.4, 0.5) is 0 Å². The van der Waals surface area contributed by atoms with Crippen LogP contribution in [0.2, 0.25) is 0 Å². The van der Waals surface area contributed by atoms with Crippen molar-refractivity contribution >= 4 is 17.5 Å². The molecule has 0 heterocycles. The number of Topliss-reactive ketones (excluding diaryl/α,β-unsaturated/α-hetero) is 1. The Hall–Kier alpha value is -1.06. The van der Waals surface area contributed by atoms with Gasteiger partial charge in [0.25, 0.3) is 0 Å². The maximum atomic E-state index is 12.4. The molecule has 0 amide bonds. The molecule has 2 nitrogen and oxygen atoms in total. The highest BCUT2D eigenvalue weighted by Gasteiger charge is 2.47. The lowest BCUT2D eigenvalue weighted by molar-refractivity contribution is -0.113. The summed E-state index contributed by atoms with van der Waals surface area (Å²) in [5, 5.41) is 3.47. The van der Waals surface area contributed by atoms with Crippen LogP contribution in [0.25, 0.3) is 0 Å². The molecule has 0 unspecified atom stereocenters. The van der Waals surface area contributed by atoms with Crippen LogP contribution in [0.5, 0.6) is 0 Å². The van der Waals surface area contributed by atoms with E-state index in [1.54, 1.807) is 6.92 Å². The topological polar surface area (TPSA) is 29.1 Å². The van der Waals surface area contributed by atoms with E-state index < -0.39 is 0 Å². The van der Waals surface area contributed by atoms with Gasteiger partial charge in [-0.15, -0.1) is 0 Å². The lowest BCUT2D eigenvalue weighted by Crippen LogP contribution is -2.46. The summed E-state index contributed by atoms with van der Waals surface area (Å²) >= 11 is 1.85. The smallest absolute Gasteiger partial charge is 0.155 e. The van der Waals surface area contributed by atoms with Crippen LogP contribution in [0.3, 0.4) is 0 Å². The highest BCUT2D eigenvalue weighted by Crippen LogP contribution is 2.56. The van der Waals surface area contributed by atoms with E-state index in [0.29, 0.717) is 17.1 Å². The number of benzene rings is 1. The molecule has 2 saturated carbocycles. The first-order valence-electron chi connectivity index (χ1n) is 11.0. The minimum absolute atomic E-state index is 0.306. The molecule has 0 aromatic heterocycles. The molecule has 3 atom stereocenters. The van der Waals surface area contributed by atoms with E-state index in [0.717, 1.165) is 43.1 Å². The first-order chi connectivity index (χ1) is 13.6. The molecule has 154 valence electrons. The first kappa shape index (κ1) is 21.6. The van der Waals surface area contributed by atoms with E-state index in [-0.39, 0.29) is 0 Å². The number of thioether (sulfide) groups is 1. The molecule has 1 aromatic carbocycles. The van der Waals surface area contributed by atoms with Crippen molar-refractivity contribution in [3.8, 4) is 0 Å². The molecular formula is C25H37NOS. The number of carbonyl (C=O) groups excluding carboxylic acids is 1. The Kier molecular flexibility index (Phi) is 7.82. The van der Waals surface area contributed by atoms with Gasteiger partial charge in [0.1, 0.15) is 0 Å². The zero-order valence-electron chi connectivity index (χ0n) is 17.9. The summed E-state index contributed by atoms with van der Waals surface area (Å²) in [5.74, 6) is 2.78. The predicted octanol–water partition coefficient (Wildman–Crippen LogP) is 5.67. The summed E-state index contributed by atoms with van der Waals surface area (Å²) < 4.78 is 0. The van der Waals surface area contributed by atoms with Crippen molar-refractivity contribution < 1.29 is 4.79 Å². The third kappa shape index (κ3) is 4.91. The Labute approximate surface area is 175 Å². The molecule has 0 bridgehead atoms. The maximum absolute atomic E-state index is 12.4. The summed E-state index contributed by atoms with van der Waals surface area (Å²) in [4.78, 5) is 12.4. The monoisotopic (exact) mass is 399 g/mol. The summed E-state index contributed by atoms with van der Waals surface area (Å²) in [5.41, 5.74) is 4.53. The largest absolute Gasteiger partial charge is 0.319 e. The van der Waals surface area contributed by atoms with E-state index in [2.05, 4.69) is 49.0 Å². The minimum Gasteiger partial charge on any atom is -0.319 e. The van der Waals surface area contributed by atoms with Gasteiger partial charge in [0.05, 0.1) is 0 Å². The number of nitrogens with one attached hydrogen (secondary N) is 1. The molecule has 3 rings (SSSR count). The van der Waals surface area contributed by atoms with Crippen LogP contribution >= 0.6 is 11.8 Å². The van der Waals surface area contributed by atoms with Crippen molar-refractivity contribution in [2.45, 2.75) is 58.3 Å². The maximum Gasteiger partial charge on any atom is 0.155 e. The van der Waals surface area contributed by atoms with Gasteiger partial charge in [-0.2, -0.15) is 11.8 Å². The molecule has 3 heteroatoms. The molecule has 0 aliphatic heterocycles. The molecule has 1 N–H and O–H groups in total. The van der Waals surface area contributed by atoms with E-state index in [1.165, 1.54) is 43.2 Å². The molecule has 28 heavy (non-hydrogen) atoms. The normalized spacial score (nSPS) is 29.2. The zero-order valence-corrected chi connectivity index (χ0v) is 18.7. The molecule has 2 aliphatic rings. The average Bonchev–Trinajstić information content (AvgIpc) is 2.69. The van der Waals surface area contributed by atoms with Crippen LogP contribution in [-0.2, 0) is 11.2 Å². The Morgan fingerprint density at radius 3 is 2.71 bits per heavy atom. The third-order valence-corrected chi connectivity index (χ3v) is 7.88. The molecule has 0 saturated heterocycles. The van der Waals surface area contributed by atoms with Crippen LogP contribution in [0, 0.1) is 17.3 Å². The van der Waals surface area contributed by atoms with Crippen molar-refractivity contribution in [3.63, 3.8) is 0 Å². The number of hydrogen-bond acceptors (Lipinski definition) is 3. The Balaban J connectivity index is 1.91. The van der Waals surface area contributed by atoms with Gasteiger partial charge in [-0.3, -0.25) is 4.79 Å². The number of rotatable bonds is 8. The number of ketones is 1. The van der Waals surface area contributed by atoms with Gasteiger partial charge in [-0.1, -0.05) is 42.3 Å². The average molecular weight is 400 g/mol. The van der Waals surface area contributed by atoms with E-state index in [1.807, 2.05) is 11.8 Å². The SMILES string of the molecule is CNC[C@H]1CCC[C@]2(Cc3ccccc3)CC/C(=C(/CCSC)C(C)=O)C[C@@H]12. The lowest BCUT2D eigenvalue weighted by atomic mass is 9.53. The van der Waals surface area contributed by atoms with Crippen molar-refractivity contribution in [3.05, 3.63) is 47.0 Å². The van der Waals surface area contributed by atoms with Crippen LogP contribution in [0.15, 0.2) is 41.5 Å². The third-order valence-electron chi connectivity index (χ3n) is 7.27. The summed E-state index contributed by atoms with van der Waals surface area (Å²) in [7, 11) is 2.09. The van der Waals surface area contributed by atoms with Crippen molar-refractivity contribution in [2.75, 3.05) is 25.6 Å². The quantitative estimate of drug-likeness (QED) is 0.571. The molecule has 0 radical (unpaired) electrons. The molecular weight excluding hydrogens is 362 g/mol. The van der Waals surface area contributed by atoms with Crippen LogP contribution in [0.1, 0.15) is 57.4 Å². The number of allylic oxidation sites excluding steroid dienone is 2. The van der Waals surface area contributed by atoms with Crippen molar-refractivity contribution in [2.24, 2.45) is 17.3 Å². The van der Waals surface area contributed by atoms with Gasteiger partial charge in [-0.25, -0.2) is 0 Å². The van der Waals surface area contributed by atoms with Crippen LogP contribution < -0.4 is 5.32 Å². The summed E-state index contributed by atoms with van der Waals surface area (Å²) in [6.07, 6.45) is 11.8. The number of fused-ring (bicyclic) bond motifs is 1. The summed E-state index contributed by atoms with van der Waals surface area (Å²) in [6.45, 7) is 2.88. The molecule has 2 fully saturated rings. The van der Waals surface area contributed by atoms with Crippen molar-refractivity contribution in [1.82, 2.24) is 5.32 Å². The van der Waals surface area contributed by atoms with Gasteiger partial charge < -0.3 is 5.32 Å². The predicted molar refractivity (Wildman–Crippen MR) is 122 cm³/mol. The van der Waals surface area contributed by atoms with E-state index in [9.17, 15) is 4.79 Å². The molecule has 2 aliphatic carbocycles. The lowest BCUT2D eigenvalue weighted by Gasteiger charge is -2.52. The van der Waals surface area contributed by atoms with Gasteiger partial charge in [-0.05, 0) is 106 Å². The van der Waals surface area contributed by atoms with Gasteiger partial charge in [0.15, 0.2) is 5.78 Å². The molecule has 0 spiro atoms. The highest BCUT2D eigenvalue weighted by molar-refractivity contribution is 7.98. The van der Waals surface area contributed by atoms with Gasteiger partial charge >= 0.3 is 0 Å². The Morgan fingerprint density at radius 1 is 1.25 bits per heavy atom. The van der Waals surface area contributed by atoms with E-state index >= 15 is 0 Å². The van der Waals surface area contributed by atoms with Crippen molar-refractivity contribution in [1.29, 1.82) is 0 Å². The first-order valence-corrected chi connectivity index (χ1v) is 12.4. The fraction of sp³-hybridized carbons (Fsp3) is 0.640. The second kappa shape index (κ2) is 10.1.